The van der Waals surface area contributed by atoms with Gasteiger partial charge in [0.1, 0.15) is 12.6 Å². The number of hydrogen-bond donors (Lipinski definition) is 1. The third-order valence-corrected chi connectivity index (χ3v) is 7.66. The van der Waals surface area contributed by atoms with Gasteiger partial charge in [0.25, 0.3) is 15.7 Å². The van der Waals surface area contributed by atoms with Crippen molar-refractivity contribution in [2.24, 2.45) is 0 Å². The number of amides is 2. The Morgan fingerprint density at radius 3 is 2.27 bits per heavy atom. The number of nitro benzene ring substituents is 1. The van der Waals surface area contributed by atoms with E-state index in [0.29, 0.717) is 10.6 Å². The van der Waals surface area contributed by atoms with Crippen LogP contribution in [0.5, 0.6) is 0 Å². The van der Waals surface area contributed by atoms with Crippen molar-refractivity contribution in [3.8, 4) is 0 Å². The van der Waals surface area contributed by atoms with Crippen LogP contribution in [-0.2, 0) is 26.2 Å². The van der Waals surface area contributed by atoms with Gasteiger partial charge in [-0.3, -0.25) is 24.0 Å². The predicted octanol–water partition coefficient (Wildman–Crippen LogP) is 3.61. The fourth-order valence-electron chi connectivity index (χ4n) is 3.59. The molecule has 0 aliphatic rings. The number of carbonyl (C=O) groups is 2. The zero-order chi connectivity index (χ0) is 27.2. The Kier molecular flexibility index (Phi) is 8.85. The summed E-state index contributed by atoms with van der Waals surface area (Å²) in [5, 5.41) is 14.3. The van der Waals surface area contributed by atoms with E-state index in [2.05, 4.69) is 5.32 Å². The van der Waals surface area contributed by atoms with Crippen molar-refractivity contribution in [2.75, 3.05) is 17.9 Å². The molecular weight excluding hydrogens is 520 g/mol. The Labute approximate surface area is 219 Å². The molecule has 0 fully saturated rings. The molecule has 2 amide bonds. The first-order valence-electron chi connectivity index (χ1n) is 11.1. The second-order valence-corrected chi connectivity index (χ2v) is 10.3. The van der Waals surface area contributed by atoms with Gasteiger partial charge in [0.2, 0.25) is 11.8 Å². The van der Waals surface area contributed by atoms with E-state index in [1.807, 2.05) is 0 Å². The van der Waals surface area contributed by atoms with E-state index in [0.717, 1.165) is 10.4 Å². The number of nitrogens with one attached hydrogen (secondary N) is 1. The minimum absolute atomic E-state index is 0.00124. The van der Waals surface area contributed by atoms with Crippen molar-refractivity contribution in [2.45, 2.75) is 24.4 Å². The lowest BCUT2D eigenvalue weighted by molar-refractivity contribution is -0.384. The molecule has 0 saturated heterocycles. The fourth-order valence-corrected chi connectivity index (χ4v) is 5.14. The lowest BCUT2D eigenvalue weighted by atomic mass is 10.1. The fraction of sp³-hybridized carbons (Fsp3) is 0.200. The molecule has 0 aliphatic carbocycles. The molecule has 0 bridgehead atoms. The van der Waals surface area contributed by atoms with Crippen LogP contribution in [0, 0.1) is 10.1 Å². The van der Waals surface area contributed by atoms with Gasteiger partial charge >= 0.3 is 0 Å². The summed E-state index contributed by atoms with van der Waals surface area (Å²) < 4.78 is 28.0. The minimum atomic E-state index is -4.31. The zero-order valence-electron chi connectivity index (χ0n) is 20.1. The molecule has 0 heterocycles. The normalized spacial score (nSPS) is 11.9. The molecule has 10 nitrogen and oxygen atoms in total. The monoisotopic (exact) mass is 544 g/mol. The number of halogens is 1. The number of anilines is 1. The first-order chi connectivity index (χ1) is 17.5. The van der Waals surface area contributed by atoms with Crippen molar-refractivity contribution in [3.63, 3.8) is 0 Å². The zero-order valence-corrected chi connectivity index (χ0v) is 21.6. The highest BCUT2D eigenvalue weighted by molar-refractivity contribution is 7.92. The predicted molar refractivity (Wildman–Crippen MR) is 140 cm³/mol. The van der Waals surface area contributed by atoms with Gasteiger partial charge in [-0.2, -0.15) is 0 Å². The minimum Gasteiger partial charge on any atom is -0.357 e. The van der Waals surface area contributed by atoms with E-state index < -0.39 is 39.3 Å². The van der Waals surface area contributed by atoms with Crippen molar-refractivity contribution >= 4 is 44.8 Å². The molecule has 0 radical (unpaired) electrons. The Balaban J connectivity index is 2.06. The number of nitro groups is 1. The molecule has 0 aromatic heterocycles. The molecule has 194 valence electrons. The second kappa shape index (κ2) is 11.8. The summed E-state index contributed by atoms with van der Waals surface area (Å²) >= 11 is 5.96. The highest BCUT2D eigenvalue weighted by atomic mass is 35.5. The molecule has 1 unspecified atom stereocenters. The molecule has 3 aromatic rings. The van der Waals surface area contributed by atoms with Crippen LogP contribution in [0.15, 0.2) is 83.8 Å². The standard InChI is InChI=1S/C25H25ClN4O6S/c1-18(25(32)27-2)28(16-19-11-13-20(26)14-12-19)24(31)17-29(21-7-6-8-22(15-21)30(33)34)37(35,36)23-9-4-3-5-10-23/h3-15,18H,16-17H2,1-2H3,(H,27,32). The molecule has 3 rings (SSSR count). The van der Waals surface area contributed by atoms with E-state index in [9.17, 15) is 28.1 Å². The topological polar surface area (TPSA) is 130 Å². The third kappa shape index (κ3) is 6.63. The van der Waals surface area contributed by atoms with E-state index >= 15 is 0 Å². The quantitative estimate of drug-likeness (QED) is 0.306. The van der Waals surface area contributed by atoms with Gasteiger partial charge in [-0.05, 0) is 42.8 Å². The highest BCUT2D eigenvalue weighted by Crippen LogP contribution is 2.27. The molecule has 0 spiro atoms. The number of rotatable bonds is 10. The number of non-ortho nitro benzene ring substituents is 1. The first-order valence-corrected chi connectivity index (χ1v) is 12.9. The molecule has 3 aromatic carbocycles. The average Bonchev–Trinajstić information content (AvgIpc) is 2.90. The smallest absolute Gasteiger partial charge is 0.271 e. The summed E-state index contributed by atoms with van der Waals surface area (Å²) in [6, 6.07) is 18.2. The molecule has 1 N–H and O–H groups in total. The Bertz CT molecular complexity index is 1380. The summed E-state index contributed by atoms with van der Waals surface area (Å²) in [5.74, 6) is -1.13. The van der Waals surface area contributed by atoms with Crippen molar-refractivity contribution in [3.05, 3.63) is 99.6 Å². The summed E-state index contributed by atoms with van der Waals surface area (Å²) in [4.78, 5) is 37.9. The van der Waals surface area contributed by atoms with Crippen LogP contribution in [-0.4, -0.2) is 49.7 Å². The van der Waals surface area contributed by atoms with Crippen LogP contribution in [0.25, 0.3) is 0 Å². The van der Waals surface area contributed by atoms with Gasteiger partial charge in [0.05, 0.1) is 15.5 Å². The van der Waals surface area contributed by atoms with Crippen LogP contribution in [0.4, 0.5) is 11.4 Å². The maximum absolute atomic E-state index is 13.6. The third-order valence-electron chi connectivity index (χ3n) is 5.62. The van der Waals surface area contributed by atoms with Gasteiger partial charge in [0.15, 0.2) is 0 Å². The van der Waals surface area contributed by atoms with Gasteiger partial charge < -0.3 is 10.2 Å². The summed E-state index contributed by atoms with van der Waals surface area (Å²) in [6.45, 7) is 0.822. The number of nitrogens with zero attached hydrogens (tertiary/aromatic N) is 3. The number of benzene rings is 3. The molecule has 12 heteroatoms. The maximum atomic E-state index is 13.6. The van der Waals surface area contributed by atoms with Gasteiger partial charge in [-0.1, -0.05) is 48.0 Å². The van der Waals surface area contributed by atoms with E-state index in [1.165, 1.54) is 61.3 Å². The number of likely N-dealkylation sites (N-methyl/N-ethyl adjacent to an activating group) is 1. The van der Waals surface area contributed by atoms with Gasteiger partial charge in [0, 0.05) is 30.7 Å². The average molecular weight is 545 g/mol. The molecule has 0 aliphatic heterocycles. The lowest BCUT2D eigenvalue weighted by Gasteiger charge is -2.31. The SMILES string of the molecule is CNC(=O)C(C)N(Cc1ccc(Cl)cc1)C(=O)CN(c1cccc([N+](=O)[O-])c1)S(=O)(=O)c1ccccc1. The molecular formula is C25H25ClN4O6S. The van der Waals surface area contributed by atoms with Crippen molar-refractivity contribution in [1.29, 1.82) is 0 Å². The summed E-state index contributed by atoms with van der Waals surface area (Å²) in [7, 11) is -2.88. The number of hydrogen-bond acceptors (Lipinski definition) is 6. The van der Waals surface area contributed by atoms with Crippen LogP contribution in [0.3, 0.4) is 0 Å². The van der Waals surface area contributed by atoms with Crippen molar-refractivity contribution in [1.82, 2.24) is 10.2 Å². The Morgan fingerprint density at radius 2 is 1.68 bits per heavy atom. The number of carbonyl (C=O) groups excluding carboxylic acids is 2. The summed E-state index contributed by atoms with van der Waals surface area (Å²) in [6.07, 6.45) is 0. The maximum Gasteiger partial charge on any atom is 0.271 e. The Morgan fingerprint density at radius 1 is 1.03 bits per heavy atom. The van der Waals surface area contributed by atoms with Crippen LogP contribution in [0.2, 0.25) is 5.02 Å². The van der Waals surface area contributed by atoms with E-state index in [-0.39, 0.29) is 22.8 Å². The van der Waals surface area contributed by atoms with Gasteiger partial charge in [-0.15, -0.1) is 0 Å². The van der Waals surface area contributed by atoms with Crippen molar-refractivity contribution < 1.29 is 22.9 Å². The summed E-state index contributed by atoms with van der Waals surface area (Å²) in [5.41, 5.74) is 0.265. The molecule has 1 atom stereocenters. The highest BCUT2D eigenvalue weighted by Gasteiger charge is 2.32. The van der Waals surface area contributed by atoms with Crippen LogP contribution < -0.4 is 9.62 Å². The van der Waals surface area contributed by atoms with Gasteiger partial charge in [-0.25, -0.2) is 8.42 Å². The molecule has 37 heavy (non-hydrogen) atoms. The van der Waals surface area contributed by atoms with E-state index in [4.69, 9.17) is 11.6 Å². The largest absolute Gasteiger partial charge is 0.357 e. The second-order valence-electron chi connectivity index (χ2n) is 8.04. The lowest BCUT2D eigenvalue weighted by Crippen LogP contribution is -2.50. The molecule has 0 saturated carbocycles. The first kappa shape index (κ1) is 27.6. The van der Waals surface area contributed by atoms with Crippen LogP contribution >= 0.6 is 11.6 Å². The van der Waals surface area contributed by atoms with Crippen LogP contribution in [0.1, 0.15) is 12.5 Å². The number of sulfonamides is 1. The van der Waals surface area contributed by atoms with E-state index in [1.54, 1.807) is 30.3 Å². The Hall–Kier alpha value is -3.96.